The van der Waals surface area contributed by atoms with Crippen LogP contribution in [-0.2, 0) is 10.2 Å². The lowest BCUT2D eigenvalue weighted by atomic mass is 9.72. The number of amides is 2. The molecule has 0 aliphatic carbocycles. The molecule has 6 heterocycles. The number of piperidine rings is 2. The number of carboxylic acid groups (broad SMARTS) is 1. The zero-order valence-electron chi connectivity index (χ0n) is 29.7. The molecule has 7 rings (SSSR count). The molecule has 16 heteroatoms. The highest BCUT2D eigenvalue weighted by Crippen LogP contribution is 2.45. The van der Waals surface area contributed by atoms with Crippen LogP contribution in [0.5, 0.6) is 11.5 Å². The number of benzene rings is 1. The van der Waals surface area contributed by atoms with Crippen LogP contribution in [0.2, 0.25) is 0 Å². The molecule has 0 unspecified atom stereocenters. The predicted molar refractivity (Wildman–Crippen MR) is 188 cm³/mol. The number of carbonyl (C=O) groups excluding carboxylic acids is 1. The lowest BCUT2D eigenvalue weighted by Crippen LogP contribution is -2.61. The summed E-state index contributed by atoms with van der Waals surface area (Å²) in [5.74, 6) is 0.972. The van der Waals surface area contributed by atoms with Crippen LogP contribution in [0.4, 0.5) is 15.0 Å². The minimum absolute atomic E-state index is 0.0542. The molecule has 2 atom stereocenters. The predicted octanol–water partition coefficient (Wildman–Crippen LogP) is 3.57. The van der Waals surface area contributed by atoms with Crippen molar-refractivity contribution in [2.45, 2.75) is 71.0 Å². The Morgan fingerprint density at radius 3 is 2.43 bits per heavy atom. The summed E-state index contributed by atoms with van der Waals surface area (Å²) in [6, 6.07) is 3.44. The van der Waals surface area contributed by atoms with Crippen molar-refractivity contribution in [3.8, 4) is 11.5 Å². The number of carbonyl (C=O) groups is 2. The van der Waals surface area contributed by atoms with Gasteiger partial charge < -0.3 is 29.4 Å². The first-order valence-corrected chi connectivity index (χ1v) is 19.6. The van der Waals surface area contributed by atoms with Crippen LogP contribution in [0.3, 0.4) is 0 Å². The Morgan fingerprint density at radius 2 is 1.80 bits per heavy atom. The number of rotatable bonds is 10. The van der Waals surface area contributed by atoms with Gasteiger partial charge in [-0.3, -0.25) is 4.79 Å². The molecule has 1 aromatic carbocycles. The topological polar surface area (TPSA) is 143 Å². The normalized spacial score (nSPS) is 24.3. The fourth-order valence-corrected chi connectivity index (χ4v) is 10.7. The van der Waals surface area contributed by atoms with Gasteiger partial charge in [0.1, 0.15) is 17.9 Å². The van der Waals surface area contributed by atoms with E-state index < -0.39 is 22.1 Å². The van der Waals surface area contributed by atoms with Crippen LogP contribution in [0.1, 0.15) is 63.2 Å². The monoisotopic (exact) mass is 728 g/mol. The maximum absolute atomic E-state index is 14.3. The number of hydrogen-bond donors (Lipinski definition) is 1. The van der Waals surface area contributed by atoms with E-state index in [2.05, 4.69) is 19.8 Å². The number of likely N-dealkylation sites (tertiary alicyclic amines) is 2. The van der Waals surface area contributed by atoms with E-state index in [1.807, 2.05) is 20.8 Å². The van der Waals surface area contributed by atoms with Crippen LogP contribution in [0.25, 0.3) is 0 Å². The number of aromatic nitrogens is 2. The van der Waals surface area contributed by atoms with E-state index in [0.29, 0.717) is 43.5 Å². The van der Waals surface area contributed by atoms with Crippen molar-refractivity contribution >= 4 is 28.0 Å². The first kappa shape index (κ1) is 35.8. The van der Waals surface area contributed by atoms with Crippen LogP contribution in [0, 0.1) is 17.2 Å². The van der Waals surface area contributed by atoms with Gasteiger partial charge in [-0.2, -0.15) is 17.0 Å². The molecule has 1 N–H and O–H groups in total. The SMILES string of the molecule is CCN(C(=O)c1cc(F)ccc1Oc1cncnc1N1CC2(CCN(CC3CCN(S(=O)(=O)N4C[C@@H]5C[C@H]4CN5C(=O)O)CC3)CC2)C1)C(C)C. The first-order valence-electron chi connectivity index (χ1n) is 18.2. The number of piperazine rings is 1. The average molecular weight is 729 g/mol. The lowest BCUT2D eigenvalue weighted by Gasteiger charge is -2.54. The maximum Gasteiger partial charge on any atom is 0.407 e. The second-order valence-corrected chi connectivity index (χ2v) is 17.1. The smallest absolute Gasteiger partial charge is 0.407 e. The second kappa shape index (κ2) is 14.1. The Labute approximate surface area is 299 Å². The molecule has 5 aliphatic heterocycles. The molecule has 5 aliphatic rings. The van der Waals surface area contributed by atoms with Crippen LogP contribution in [-0.4, -0.2) is 142 Å². The minimum atomic E-state index is -3.60. The number of halogens is 1. The molecule has 1 aromatic heterocycles. The zero-order chi connectivity index (χ0) is 36.1. The van der Waals surface area contributed by atoms with Crippen molar-refractivity contribution in [2.75, 3.05) is 70.3 Å². The number of hydrogen-bond acceptors (Lipinski definition) is 9. The molecule has 1 spiro atoms. The summed E-state index contributed by atoms with van der Waals surface area (Å²) in [5.41, 5.74) is 0.338. The summed E-state index contributed by atoms with van der Waals surface area (Å²) in [6.07, 6.45) is 6.45. The fraction of sp³-hybridized carbons (Fsp3) is 0.657. The van der Waals surface area contributed by atoms with Crippen LogP contribution >= 0.6 is 0 Å². The van der Waals surface area contributed by atoms with E-state index in [9.17, 15) is 27.5 Å². The van der Waals surface area contributed by atoms with E-state index in [0.717, 1.165) is 58.4 Å². The number of fused-ring (bicyclic) bond motifs is 2. The quantitative estimate of drug-likeness (QED) is 0.386. The van der Waals surface area contributed by atoms with E-state index in [4.69, 9.17) is 4.74 Å². The number of anilines is 1. The van der Waals surface area contributed by atoms with Crippen molar-refractivity contribution in [1.82, 2.24) is 33.3 Å². The molecule has 278 valence electrons. The first-order chi connectivity index (χ1) is 24.4. The summed E-state index contributed by atoms with van der Waals surface area (Å²) < 4.78 is 50.6. The number of ether oxygens (including phenoxy) is 1. The van der Waals surface area contributed by atoms with E-state index in [1.54, 1.807) is 15.4 Å². The van der Waals surface area contributed by atoms with Crippen molar-refractivity contribution < 1.29 is 32.2 Å². The van der Waals surface area contributed by atoms with Crippen LogP contribution in [0.15, 0.2) is 30.7 Å². The highest BCUT2D eigenvalue weighted by atomic mass is 32.2. The van der Waals surface area contributed by atoms with Gasteiger partial charge in [-0.1, -0.05) is 0 Å². The Kier molecular flexibility index (Phi) is 9.88. The molecule has 2 aromatic rings. The van der Waals surface area contributed by atoms with Gasteiger partial charge in [-0.15, -0.1) is 0 Å². The molecule has 5 fully saturated rings. The standard InChI is InChI=1S/C35H49FN8O6S/c1-4-42(24(2)3)33(45)29-15-26(36)5-6-30(29)50-31-17-37-23-38-32(31)40-21-35(22-40)9-13-39(14-10-35)18-25-7-11-41(12-8-25)51(48,49)44-20-27-16-28(44)19-43(27)34(46)47/h5-6,15,17,23-25,27-28H,4,7-14,16,18-22H2,1-3H3,(H,46,47)/t27-,28-/m0/s1. The third kappa shape index (κ3) is 6.99. The van der Waals surface area contributed by atoms with Crippen molar-refractivity contribution in [3.05, 3.63) is 42.1 Å². The molecule has 2 amide bonds. The van der Waals surface area contributed by atoms with Gasteiger partial charge in [-0.25, -0.2) is 19.2 Å². The van der Waals surface area contributed by atoms with E-state index in [1.165, 1.54) is 33.7 Å². The van der Waals surface area contributed by atoms with Crippen molar-refractivity contribution in [3.63, 3.8) is 0 Å². The molecule has 14 nitrogen and oxygen atoms in total. The van der Waals surface area contributed by atoms with Gasteiger partial charge in [0, 0.05) is 69.9 Å². The largest absolute Gasteiger partial charge is 0.465 e. The fourth-order valence-electron chi connectivity index (χ4n) is 8.82. The van der Waals surface area contributed by atoms with E-state index >= 15 is 0 Å². The molecule has 51 heavy (non-hydrogen) atoms. The van der Waals surface area contributed by atoms with Gasteiger partial charge in [0.15, 0.2) is 11.6 Å². The minimum Gasteiger partial charge on any atom is -0.465 e. The Bertz CT molecular complexity index is 1720. The van der Waals surface area contributed by atoms with Gasteiger partial charge in [-0.05, 0) is 90.1 Å². The Hall–Kier alpha value is -3.60. The highest BCUT2D eigenvalue weighted by molar-refractivity contribution is 7.86. The zero-order valence-corrected chi connectivity index (χ0v) is 30.5. The Balaban J connectivity index is 0.899. The molecule has 5 saturated heterocycles. The van der Waals surface area contributed by atoms with Gasteiger partial charge in [0.05, 0.1) is 17.8 Å². The lowest BCUT2D eigenvalue weighted by molar-refractivity contribution is 0.0606. The van der Waals surface area contributed by atoms with Gasteiger partial charge >= 0.3 is 6.09 Å². The summed E-state index contributed by atoms with van der Waals surface area (Å²) in [7, 11) is -3.60. The van der Waals surface area contributed by atoms with Gasteiger partial charge in [0.2, 0.25) is 0 Å². The molecule has 0 saturated carbocycles. The van der Waals surface area contributed by atoms with Gasteiger partial charge in [0.25, 0.3) is 16.1 Å². The average Bonchev–Trinajstić information content (AvgIpc) is 3.72. The highest BCUT2D eigenvalue weighted by Gasteiger charge is 2.51. The molecular formula is C35H49FN8O6S. The molecular weight excluding hydrogens is 680 g/mol. The second-order valence-electron chi connectivity index (χ2n) is 15.2. The van der Waals surface area contributed by atoms with E-state index in [-0.39, 0.29) is 53.9 Å². The summed E-state index contributed by atoms with van der Waals surface area (Å²) in [4.78, 5) is 41.3. The summed E-state index contributed by atoms with van der Waals surface area (Å²) >= 11 is 0. The Morgan fingerprint density at radius 1 is 1.08 bits per heavy atom. The maximum atomic E-state index is 14.3. The summed E-state index contributed by atoms with van der Waals surface area (Å²) in [5, 5.41) is 9.37. The van der Waals surface area contributed by atoms with Crippen LogP contribution < -0.4 is 9.64 Å². The molecule has 0 radical (unpaired) electrons. The third-order valence-corrected chi connectivity index (χ3v) is 13.8. The molecule has 2 bridgehead atoms. The third-order valence-electron chi connectivity index (χ3n) is 11.7. The number of nitrogens with zero attached hydrogens (tertiary/aromatic N) is 8. The summed E-state index contributed by atoms with van der Waals surface area (Å²) in [6.45, 7) is 12.3. The van der Waals surface area contributed by atoms with Crippen molar-refractivity contribution in [2.24, 2.45) is 11.3 Å². The van der Waals surface area contributed by atoms with Crippen molar-refractivity contribution in [1.29, 1.82) is 0 Å².